The van der Waals surface area contributed by atoms with E-state index in [9.17, 15) is 8.42 Å². The van der Waals surface area contributed by atoms with E-state index in [-0.39, 0.29) is 20.6 Å². The lowest BCUT2D eigenvalue weighted by Gasteiger charge is -2.14. The number of sulfonamides is 1. The van der Waals surface area contributed by atoms with Gasteiger partial charge in [-0.25, -0.2) is 8.42 Å². The molecule has 2 aromatic heterocycles. The molecule has 0 radical (unpaired) electrons. The maximum Gasteiger partial charge on any atom is 0.264 e. The van der Waals surface area contributed by atoms with Crippen molar-refractivity contribution in [3.8, 4) is 11.8 Å². The summed E-state index contributed by atoms with van der Waals surface area (Å²) in [5, 5.41) is 1.20. The predicted octanol–water partition coefficient (Wildman–Crippen LogP) is 5.45. The van der Waals surface area contributed by atoms with E-state index in [2.05, 4.69) is 26.5 Å². The van der Waals surface area contributed by atoms with Crippen LogP contribution in [-0.2, 0) is 10.0 Å². The van der Waals surface area contributed by atoms with Crippen LogP contribution in [0.1, 0.15) is 16.7 Å². The average molecular weight is 468 g/mol. The van der Waals surface area contributed by atoms with Crippen LogP contribution in [0.4, 0.5) is 5.69 Å². The van der Waals surface area contributed by atoms with E-state index in [0.717, 1.165) is 5.39 Å². The molecule has 8 heteroatoms. The summed E-state index contributed by atoms with van der Waals surface area (Å²) in [7, 11) is -4.00. The average Bonchev–Trinajstić information content (AvgIpc) is 2.75. The Balaban J connectivity index is 1.82. The van der Waals surface area contributed by atoms with Crippen molar-refractivity contribution in [3.05, 3.63) is 93.9 Å². The summed E-state index contributed by atoms with van der Waals surface area (Å²) < 4.78 is 29.4. The van der Waals surface area contributed by atoms with Gasteiger partial charge in [0.05, 0.1) is 26.8 Å². The number of halogens is 2. The third-order valence-corrected chi connectivity index (χ3v) is 6.77. The number of pyridine rings is 2. The Morgan fingerprint density at radius 1 is 0.968 bits per heavy atom. The van der Waals surface area contributed by atoms with Gasteiger partial charge >= 0.3 is 0 Å². The summed E-state index contributed by atoms with van der Waals surface area (Å²) in [6, 6.07) is 13.7. The summed E-state index contributed by atoms with van der Waals surface area (Å²) in [6.45, 7) is 1.72. The van der Waals surface area contributed by atoms with Gasteiger partial charge in [0, 0.05) is 29.5 Å². The van der Waals surface area contributed by atoms with E-state index in [4.69, 9.17) is 23.2 Å². The van der Waals surface area contributed by atoms with Crippen LogP contribution in [-0.4, -0.2) is 18.4 Å². The van der Waals surface area contributed by atoms with Gasteiger partial charge in [-0.05, 0) is 42.8 Å². The van der Waals surface area contributed by atoms with Crippen LogP contribution >= 0.6 is 23.2 Å². The summed E-state index contributed by atoms with van der Waals surface area (Å²) in [4.78, 5) is 8.40. The number of aromatic nitrogens is 2. The van der Waals surface area contributed by atoms with Crippen LogP contribution in [0.25, 0.3) is 10.9 Å². The first-order valence-corrected chi connectivity index (χ1v) is 11.4. The Bertz CT molecular complexity index is 1460. The lowest BCUT2D eigenvalue weighted by Crippen LogP contribution is -2.16. The fraction of sp³-hybridized carbons (Fsp3) is 0.0435. The van der Waals surface area contributed by atoms with Gasteiger partial charge in [-0.2, -0.15) is 0 Å². The van der Waals surface area contributed by atoms with Gasteiger partial charge in [0.15, 0.2) is 0 Å². The molecule has 1 N–H and O–H groups in total. The standard InChI is InChI=1S/C23H15Cl2N3O2S/c1-15-6-8-17-5-3-11-27-22(17)23(15)31(29,30)28-21-13-20(25)19(24)12-18(21)9-7-16-4-2-10-26-14-16/h2-6,8,10-14,28H,1H3. The normalized spacial score (nSPS) is 11.1. The van der Waals surface area contributed by atoms with Crippen molar-refractivity contribution in [2.75, 3.05) is 4.72 Å². The molecule has 5 nitrogen and oxygen atoms in total. The zero-order chi connectivity index (χ0) is 22.0. The van der Waals surface area contributed by atoms with Gasteiger partial charge in [-0.3, -0.25) is 14.7 Å². The predicted molar refractivity (Wildman–Crippen MR) is 124 cm³/mol. The number of anilines is 1. The van der Waals surface area contributed by atoms with Crippen molar-refractivity contribution in [2.45, 2.75) is 11.8 Å². The minimum atomic E-state index is -4.00. The molecule has 0 amide bonds. The van der Waals surface area contributed by atoms with E-state index in [1.165, 1.54) is 12.1 Å². The molecule has 4 rings (SSSR count). The lowest BCUT2D eigenvalue weighted by atomic mass is 10.1. The number of aryl methyl sites for hydroxylation is 1. The maximum atomic E-state index is 13.4. The number of hydrogen-bond acceptors (Lipinski definition) is 4. The number of hydrogen-bond donors (Lipinski definition) is 1. The fourth-order valence-electron chi connectivity index (χ4n) is 3.07. The van der Waals surface area contributed by atoms with Crippen molar-refractivity contribution < 1.29 is 8.42 Å². The van der Waals surface area contributed by atoms with Crippen molar-refractivity contribution >= 4 is 49.8 Å². The molecule has 0 saturated heterocycles. The smallest absolute Gasteiger partial charge is 0.264 e. The number of nitrogens with zero attached hydrogens (tertiary/aromatic N) is 2. The van der Waals surface area contributed by atoms with Gasteiger partial charge in [0.2, 0.25) is 0 Å². The molecule has 0 atom stereocenters. The second-order valence-electron chi connectivity index (χ2n) is 6.70. The van der Waals surface area contributed by atoms with Gasteiger partial charge in [-0.15, -0.1) is 0 Å². The van der Waals surface area contributed by atoms with E-state index in [1.807, 2.05) is 12.1 Å². The molecule has 154 valence electrons. The Morgan fingerprint density at radius 2 is 1.74 bits per heavy atom. The van der Waals surface area contributed by atoms with Crippen LogP contribution in [0, 0.1) is 18.8 Å². The molecule has 31 heavy (non-hydrogen) atoms. The summed E-state index contributed by atoms with van der Waals surface area (Å²) >= 11 is 12.3. The highest BCUT2D eigenvalue weighted by Crippen LogP contribution is 2.32. The molecular formula is C23H15Cl2N3O2S. The minimum Gasteiger partial charge on any atom is -0.278 e. The highest BCUT2D eigenvalue weighted by atomic mass is 35.5. The number of rotatable bonds is 3. The molecule has 0 fully saturated rings. The SMILES string of the molecule is Cc1ccc2cccnc2c1S(=O)(=O)Nc1cc(Cl)c(Cl)cc1C#Cc1cccnc1. The quantitative estimate of drug-likeness (QED) is 0.406. The molecule has 0 aliphatic carbocycles. The molecule has 2 heterocycles. The first-order chi connectivity index (χ1) is 14.8. The van der Waals surface area contributed by atoms with Crippen molar-refractivity contribution in [3.63, 3.8) is 0 Å². The van der Waals surface area contributed by atoms with Crippen LogP contribution in [0.5, 0.6) is 0 Å². The molecule has 0 aliphatic heterocycles. The zero-order valence-corrected chi connectivity index (χ0v) is 18.6. The molecule has 0 saturated carbocycles. The second-order valence-corrected chi connectivity index (χ2v) is 9.13. The summed E-state index contributed by atoms with van der Waals surface area (Å²) in [5.74, 6) is 5.90. The van der Waals surface area contributed by atoms with Gasteiger partial charge in [0.1, 0.15) is 4.90 Å². The van der Waals surface area contributed by atoms with Crippen molar-refractivity contribution in [2.24, 2.45) is 0 Å². The Labute approximate surface area is 190 Å². The van der Waals surface area contributed by atoms with E-state index in [0.29, 0.717) is 22.2 Å². The summed E-state index contributed by atoms with van der Waals surface area (Å²) in [5.41, 5.74) is 2.24. The zero-order valence-electron chi connectivity index (χ0n) is 16.2. The Morgan fingerprint density at radius 3 is 2.52 bits per heavy atom. The van der Waals surface area contributed by atoms with Crippen LogP contribution in [0.3, 0.4) is 0 Å². The Kier molecular flexibility index (Phi) is 5.84. The summed E-state index contributed by atoms with van der Waals surface area (Å²) in [6.07, 6.45) is 4.81. The molecular weight excluding hydrogens is 453 g/mol. The topological polar surface area (TPSA) is 72.0 Å². The lowest BCUT2D eigenvalue weighted by molar-refractivity contribution is 0.601. The number of fused-ring (bicyclic) bond motifs is 1. The first-order valence-electron chi connectivity index (χ1n) is 9.13. The first kappa shape index (κ1) is 21.1. The third-order valence-electron chi connectivity index (χ3n) is 4.50. The highest BCUT2D eigenvalue weighted by molar-refractivity contribution is 7.93. The molecule has 0 spiro atoms. The molecule has 0 bridgehead atoms. The monoisotopic (exact) mass is 467 g/mol. The molecule has 0 aliphatic rings. The van der Waals surface area contributed by atoms with E-state index in [1.54, 1.807) is 49.8 Å². The van der Waals surface area contributed by atoms with Gasteiger partial charge in [-0.1, -0.05) is 53.2 Å². The van der Waals surface area contributed by atoms with Crippen LogP contribution in [0.15, 0.2) is 72.0 Å². The highest BCUT2D eigenvalue weighted by Gasteiger charge is 2.23. The second kappa shape index (κ2) is 8.56. The fourth-order valence-corrected chi connectivity index (χ4v) is 4.87. The van der Waals surface area contributed by atoms with Gasteiger partial charge in [0.25, 0.3) is 10.0 Å². The van der Waals surface area contributed by atoms with Gasteiger partial charge < -0.3 is 0 Å². The van der Waals surface area contributed by atoms with Crippen LogP contribution < -0.4 is 4.72 Å². The largest absolute Gasteiger partial charge is 0.278 e. The number of nitrogens with one attached hydrogen (secondary N) is 1. The molecule has 0 unspecified atom stereocenters. The maximum absolute atomic E-state index is 13.4. The van der Waals surface area contributed by atoms with Crippen molar-refractivity contribution in [1.82, 2.24) is 9.97 Å². The molecule has 4 aromatic rings. The minimum absolute atomic E-state index is 0.0999. The Hall–Kier alpha value is -3.11. The number of benzene rings is 2. The molecule has 2 aromatic carbocycles. The van der Waals surface area contributed by atoms with E-state index >= 15 is 0 Å². The van der Waals surface area contributed by atoms with E-state index < -0.39 is 10.0 Å². The third kappa shape index (κ3) is 4.49. The van der Waals surface area contributed by atoms with Crippen molar-refractivity contribution in [1.29, 1.82) is 0 Å². The van der Waals surface area contributed by atoms with Crippen LogP contribution in [0.2, 0.25) is 10.0 Å².